The van der Waals surface area contributed by atoms with E-state index in [-0.39, 0.29) is 23.7 Å². The van der Waals surface area contributed by atoms with Crippen molar-refractivity contribution >= 4 is 17.4 Å². The van der Waals surface area contributed by atoms with Crippen LogP contribution in [0.4, 0.5) is 5.69 Å². The van der Waals surface area contributed by atoms with Crippen molar-refractivity contribution in [2.24, 2.45) is 11.1 Å². The van der Waals surface area contributed by atoms with Crippen LogP contribution in [0.2, 0.25) is 0 Å². The Hall–Kier alpha value is -3.75. The van der Waals surface area contributed by atoms with Crippen molar-refractivity contribution < 1.29 is 19.8 Å². The average Bonchev–Trinajstić information content (AvgIpc) is 2.91. The first-order valence-electron chi connectivity index (χ1n) is 12.4. The second-order valence-corrected chi connectivity index (χ2v) is 10.1. The number of rotatable bonds is 6. The Labute approximate surface area is 214 Å². The molecular weight excluding hydrogens is 470 g/mol. The van der Waals surface area contributed by atoms with E-state index in [2.05, 4.69) is 10.2 Å². The van der Waals surface area contributed by atoms with Gasteiger partial charge in [0.15, 0.2) is 5.78 Å². The maximum atomic E-state index is 13.4. The molecule has 1 unspecified atom stereocenters. The molecule has 2 aliphatic rings. The molecule has 1 fully saturated rings. The lowest BCUT2D eigenvalue weighted by atomic mass is 9.53. The second kappa shape index (κ2) is 9.95. The molecule has 0 saturated heterocycles. The Balaban J connectivity index is 1.59. The van der Waals surface area contributed by atoms with E-state index in [1.807, 2.05) is 36.4 Å². The van der Waals surface area contributed by atoms with Gasteiger partial charge in [0.2, 0.25) is 0 Å². The molecule has 4 atom stereocenters. The van der Waals surface area contributed by atoms with E-state index in [0.29, 0.717) is 36.2 Å². The number of carbonyl (C=O) groups is 2. The van der Waals surface area contributed by atoms with Gasteiger partial charge in [-0.05, 0) is 67.5 Å². The van der Waals surface area contributed by atoms with E-state index in [1.165, 1.54) is 4.90 Å². The Morgan fingerprint density at radius 2 is 1.95 bits per heavy atom. The van der Waals surface area contributed by atoms with Crippen molar-refractivity contribution in [1.82, 2.24) is 4.98 Å². The lowest BCUT2D eigenvalue weighted by molar-refractivity contribution is 0.0217. The van der Waals surface area contributed by atoms with Gasteiger partial charge in [-0.2, -0.15) is 4.91 Å². The summed E-state index contributed by atoms with van der Waals surface area (Å²) in [5.74, 6) is -0.706. The number of carbonyl (C=O) groups excluding carboxylic acids is 2. The summed E-state index contributed by atoms with van der Waals surface area (Å²) in [5.41, 5.74) is 3.08. The van der Waals surface area contributed by atoms with Crippen molar-refractivity contribution in [2.75, 3.05) is 11.6 Å². The molecule has 1 aromatic heterocycles. The van der Waals surface area contributed by atoms with Crippen LogP contribution in [0.5, 0.6) is 0 Å². The van der Waals surface area contributed by atoms with Crippen molar-refractivity contribution in [3.63, 3.8) is 0 Å². The minimum atomic E-state index is -0.918. The fraction of sp³-hybridized carbons (Fsp3) is 0.345. The van der Waals surface area contributed by atoms with Crippen LogP contribution in [0, 0.1) is 17.7 Å². The summed E-state index contributed by atoms with van der Waals surface area (Å²) >= 11 is 0. The molecule has 8 nitrogen and oxygen atoms in total. The number of aromatic nitrogens is 1. The first-order valence-corrected chi connectivity index (χ1v) is 12.4. The number of aliphatic hydroxyl groups is 2. The van der Waals surface area contributed by atoms with Crippen LogP contribution in [0.3, 0.4) is 0 Å². The van der Waals surface area contributed by atoms with Crippen LogP contribution in [0.15, 0.2) is 72.0 Å². The number of Topliss-reactive ketones (excluding diaryl/α,β-unsaturated/α-hetero) is 1. The van der Waals surface area contributed by atoms with Crippen LogP contribution in [0.25, 0.3) is 0 Å². The van der Waals surface area contributed by atoms with Crippen molar-refractivity contribution in [3.8, 4) is 0 Å². The Morgan fingerprint density at radius 1 is 1.16 bits per heavy atom. The lowest BCUT2D eigenvalue weighted by Crippen LogP contribution is -2.53. The van der Waals surface area contributed by atoms with Gasteiger partial charge in [-0.25, -0.2) is 0 Å². The Kier molecular flexibility index (Phi) is 6.70. The molecule has 2 N–H and O–H groups in total. The number of ketones is 1. The number of fused-ring (bicyclic) bond motifs is 3. The van der Waals surface area contributed by atoms with E-state index < -0.39 is 30.2 Å². The van der Waals surface area contributed by atoms with Crippen LogP contribution in [-0.4, -0.2) is 45.8 Å². The first-order chi connectivity index (χ1) is 17.9. The molecule has 5 rings (SSSR count). The van der Waals surface area contributed by atoms with E-state index in [0.717, 1.165) is 11.1 Å². The summed E-state index contributed by atoms with van der Waals surface area (Å²) in [7, 11) is 0. The summed E-state index contributed by atoms with van der Waals surface area (Å²) in [6.45, 7) is 1.22. The molecule has 1 heterocycles. The number of anilines is 1. The van der Waals surface area contributed by atoms with Gasteiger partial charge in [0.1, 0.15) is 12.8 Å². The normalized spacial score (nSPS) is 24.6. The van der Waals surface area contributed by atoms with Crippen LogP contribution in [-0.2, 0) is 11.8 Å². The highest BCUT2D eigenvalue weighted by Crippen LogP contribution is 2.52. The molecule has 0 aliphatic heterocycles. The number of pyridine rings is 1. The third kappa shape index (κ3) is 4.36. The van der Waals surface area contributed by atoms with Crippen LogP contribution >= 0.6 is 0 Å². The third-order valence-corrected chi connectivity index (χ3v) is 8.01. The van der Waals surface area contributed by atoms with Gasteiger partial charge in [0, 0.05) is 29.2 Å². The highest BCUT2D eigenvalue weighted by molar-refractivity contribution is 6.08. The topological polar surface area (TPSA) is 120 Å². The van der Waals surface area contributed by atoms with Gasteiger partial charge < -0.3 is 10.2 Å². The zero-order valence-electron chi connectivity index (χ0n) is 20.6. The van der Waals surface area contributed by atoms with Crippen molar-refractivity contribution in [3.05, 3.63) is 99.7 Å². The summed E-state index contributed by atoms with van der Waals surface area (Å²) in [6.07, 6.45) is 2.13. The fourth-order valence-corrected chi connectivity index (χ4v) is 6.19. The predicted molar refractivity (Wildman–Crippen MR) is 138 cm³/mol. The highest BCUT2D eigenvalue weighted by Gasteiger charge is 2.53. The van der Waals surface area contributed by atoms with E-state index in [1.54, 1.807) is 37.4 Å². The number of nitrogens with zero attached hydrogens (tertiary/aromatic N) is 3. The molecule has 1 amide bonds. The van der Waals surface area contributed by atoms with E-state index >= 15 is 0 Å². The lowest BCUT2D eigenvalue weighted by Gasteiger charge is -2.51. The fourth-order valence-electron chi connectivity index (χ4n) is 6.19. The molecular formula is C29H29N3O5. The molecule has 37 heavy (non-hydrogen) atoms. The quantitative estimate of drug-likeness (QED) is 0.391. The third-order valence-electron chi connectivity index (χ3n) is 8.01. The number of hydrogen-bond donors (Lipinski definition) is 2. The molecule has 3 aromatic rings. The average molecular weight is 500 g/mol. The largest absolute Gasteiger partial charge is 0.391 e. The van der Waals surface area contributed by atoms with Crippen molar-refractivity contribution in [2.45, 2.75) is 50.2 Å². The summed E-state index contributed by atoms with van der Waals surface area (Å²) < 4.78 is 0. The van der Waals surface area contributed by atoms with Gasteiger partial charge >= 0.3 is 0 Å². The Morgan fingerprint density at radius 3 is 2.65 bits per heavy atom. The summed E-state index contributed by atoms with van der Waals surface area (Å²) in [4.78, 5) is 43.7. The maximum absolute atomic E-state index is 13.4. The monoisotopic (exact) mass is 499 g/mol. The van der Waals surface area contributed by atoms with Gasteiger partial charge in [-0.15, -0.1) is 0 Å². The van der Waals surface area contributed by atoms with E-state index in [4.69, 9.17) is 0 Å². The minimum Gasteiger partial charge on any atom is -0.391 e. The molecule has 0 radical (unpaired) electrons. The smallest absolute Gasteiger partial charge is 0.260 e. The molecule has 2 aliphatic carbocycles. The molecule has 2 aromatic carbocycles. The number of aliphatic hydroxyl groups excluding tert-OH is 2. The SMILES string of the molecule is Cc1ncccc1N(CO)C(=O)c1ccc2c(c1)C(=O)CC1C[C@H](N=O)[C@H](O)C[C@@]21Cc1ccccc1. The highest BCUT2D eigenvalue weighted by atomic mass is 16.3. The van der Waals surface area contributed by atoms with Crippen molar-refractivity contribution in [1.29, 1.82) is 0 Å². The maximum Gasteiger partial charge on any atom is 0.260 e. The summed E-state index contributed by atoms with van der Waals surface area (Å²) in [5, 5.41) is 24.0. The number of nitroso groups, excluding NO2 is 1. The van der Waals surface area contributed by atoms with Crippen LogP contribution in [0.1, 0.15) is 56.8 Å². The standard InChI is InChI=1S/C29H29N3O5/c1-18-25(8-5-11-30-18)32(17-33)28(36)20-9-10-23-22(12-20)26(34)14-21-13-24(31-37)27(35)16-29(21,23)15-19-6-3-2-4-7-19/h2-12,21,24,27,33,35H,13-17H2,1H3/t21?,24-,27+,29+/m0/s1. The molecule has 1 saturated carbocycles. The second-order valence-electron chi connectivity index (χ2n) is 10.1. The first kappa shape index (κ1) is 24.9. The predicted octanol–water partition coefficient (Wildman–Crippen LogP) is 3.96. The zero-order chi connectivity index (χ0) is 26.2. The molecule has 0 spiro atoms. The number of hydrogen-bond acceptors (Lipinski definition) is 7. The zero-order valence-corrected chi connectivity index (χ0v) is 20.6. The number of aryl methyl sites for hydroxylation is 1. The van der Waals surface area contributed by atoms with Gasteiger partial charge in [0.25, 0.3) is 5.91 Å². The Bertz CT molecular complexity index is 1340. The van der Waals surface area contributed by atoms with E-state index in [9.17, 15) is 24.7 Å². The molecule has 0 bridgehead atoms. The minimum absolute atomic E-state index is 0.104. The van der Waals surface area contributed by atoms with Gasteiger partial charge in [-0.1, -0.05) is 41.6 Å². The molecule has 8 heteroatoms. The number of benzene rings is 2. The number of amides is 1. The van der Waals surface area contributed by atoms with Gasteiger partial charge in [0.05, 0.1) is 17.5 Å². The molecule has 190 valence electrons. The van der Waals surface area contributed by atoms with Gasteiger partial charge in [-0.3, -0.25) is 19.5 Å². The van der Waals surface area contributed by atoms with Crippen LogP contribution < -0.4 is 4.90 Å². The summed E-state index contributed by atoms with van der Waals surface area (Å²) in [6, 6.07) is 17.6.